The third-order valence-corrected chi connectivity index (χ3v) is 3.94. The highest BCUT2D eigenvalue weighted by molar-refractivity contribution is 6.04. The third kappa shape index (κ3) is 4.83. The van der Waals surface area contributed by atoms with Crippen LogP contribution in [-0.4, -0.2) is 24.5 Å². The van der Waals surface area contributed by atoms with Gasteiger partial charge in [-0.2, -0.15) is 0 Å². The van der Waals surface area contributed by atoms with E-state index in [0.29, 0.717) is 17.0 Å². The number of rotatable bonds is 7. The predicted molar refractivity (Wildman–Crippen MR) is 104 cm³/mol. The first kappa shape index (κ1) is 17.5. The van der Waals surface area contributed by atoms with Gasteiger partial charge in [0.25, 0.3) is 5.91 Å². The average molecular weight is 347 g/mol. The van der Waals surface area contributed by atoms with Gasteiger partial charge in [0.1, 0.15) is 11.6 Å². The zero-order valence-electron chi connectivity index (χ0n) is 14.6. The molecule has 0 aliphatic heterocycles. The Hall–Kier alpha value is -3.34. The standard InChI is InChI=1S/C21H21N3O2/c1-26-19-10-7-17(8-11-19)21(25)24-18-9-12-20(23-15-18)22-14-13-16-5-3-2-4-6-16/h2-12,15H,13-14H2,1H3,(H,22,23)(H,24,25). The molecule has 0 unspecified atom stereocenters. The summed E-state index contributed by atoms with van der Waals surface area (Å²) in [6.07, 6.45) is 2.57. The summed E-state index contributed by atoms with van der Waals surface area (Å²) in [4.78, 5) is 16.6. The van der Waals surface area contributed by atoms with Crippen molar-refractivity contribution in [1.29, 1.82) is 0 Å². The lowest BCUT2D eigenvalue weighted by Crippen LogP contribution is -2.12. The number of carbonyl (C=O) groups excluding carboxylic acids is 1. The van der Waals surface area contributed by atoms with Crippen molar-refractivity contribution < 1.29 is 9.53 Å². The molecule has 0 fully saturated rings. The van der Waals surface area contributed by atoms with Crippen molar-refractivity contribution in [2.45, 2.75) is 6.42 Å². The summed E-state index contributed by atoms with van der Waals surface area (Å²) >= 11 is 0. The fraction of sp³-hybridized carbons (Fsp3) is 0.143. The lowest BCUT2D eigenvalue weighted by Gasteiger charge is -2.08. The molecule has 132 valence electrons. The molecule has 0 aliphatic carbocycles. The van der Waals surface area contributed by atoms with E-state index < -0.39 is 0 Å². The Kier molecular flexibility index (Phi) is 5.83. The molecule has 2 N–H and O–H groups in total. The number of nitrogens with one attached hydrogen (secondary N) is 2. The molecule has 3 aromatic rings. The Labute approximate surface area is 153 Å². The molecule has 0 atom stereocenters. The van der Waals surface area contributed by atoms with Gasteiger partial charge in [-0.3, -0.25) is 4.79 Å². The minimum absolute atomic E-state index is 0.181. The van der Waals surface area contributed by atoms with Gasteiger partial charge in [-0.1, -0.05) is 30.3 Å². The smallest absolute Gasteiger partial charge is 0.255 e. The molecule has 0 bridgehead atoms. The van der Waals surface area contributed by atoms with Crippen LogP contribution in [-0.2, 0) is 6.42 Å². The number of benzene rings is 2. The van der Waals surface area contributed by atoms with Crippen LogP contribution in [0.5, 0.6) is 5.75 Å². The molecule has 3 rings (SSSR count). The van der Waals surface area contributed by atoms with E-state index in [0.717, 1.165) is 18.8 Å². The third-order valence-electron chi connectivity index (χ3n) is 3.94. The predicted octanol–water partition coefficient (Wildman–Crippen LogP) is 4.00. The summed E-state index contributed by atoms with van der Waals surface area (Å²) in [5.74, 6) is 1.32. The van der Waals surface area contributed by atoms with E-state index in [9.17, 15) is 4.79 Å². The fourth-order valence-electron chi connectivity index (χ4n) is 2.50. The summed E-state index contributed by atoms with van der Waals surface area (Å²) < 4.78 is 5.09. The molecule has 0 saturated carbocycles. The zero-order chi connectivity index (χ0) is 18.2. The van der Waals surface area contributed by atoms with Crippen molar-refractivity contribution in [2.75, 3.05) is 24.3 Å². The highest BCUT2D eigenvalue weighted by atomic mass is 16.5. The number of amides is 1. The normalized spacial score (nSPS) is 10.2. The average Bonchev–Trinajstić information content (AvgIpc) is 2.70. The summed E-state index contributed by atoms with van der Waals surface area (Å²) in [6.45, 7) is 0.800. The van der Waals surface area contributed by atoms with Gasteiger partial charge in [-0.15, -0.1) is 0 Å². The minimum atomic E-state index is -0.181. The molecule has 0 saturated heterocycles. The van der Waals surface area contributed by atoms with E-state index in [2.05, 4.69) is 27.8 Å². The topological polar surface area (TPSA) is 63.2 Å². The largest absolute Gasteiger partial charge is 0.497 e. The number of methoxy groups -OCH3 is 1. The maximum absolute atomic E-state index is 12.2. The number of anilines is 2. The molecule has 26 heavy (non-hydrogen) atoms. The van der Waals surface area contributed by atoms with Crippen molar-refractivity contribution >= 4 is 17.4 Å². The lowest BCUT2D eigenvalue weighted by atomic mass is 10.1. The molecule has 0 spiro atoms. The molecule has 1 amide bonds. The quantitative estimate of drug-likeness (QED) is 0.678. The highest BCUT2D eigenvalue weighted by Gasteiger charge is 2.06. The van der Waals surface area contributed by atoms with Gasteiger partial charge in [0.15, 0.2) is 0 Å². The Bertz CT molecular complexity index is 831. The maximum Gasteiger partial charge on any atom is 0.255 e. The van der Waals surface area contributed by atoms with Crippen LogP contribution in [0.15, 0.2) is 72.9 Å². The molecule has 5 heteroatoms. The number of carbonyl (C=O) groups is 1. The Morgan fingerprint density at radius 1 is 1.00 bits per heavy atom. The molecule has 1 aromatic heterocycles. The summed E-state index contributed by atoms with van der Waals surface area (Å²) in [5.41, 5.74) is 2.50. The van der Waals surface area contributed by atoms with Crippen LogP contribution in [0, 0.1) is 0 Å². The number of nitrogens with zero attached hydrogens (tertiary/aromatic N) is 1. The number of aromatic nitrogens is 1. The van der Waals surface area contributed by atoms with E-state index in [1.807, 2.05) is 30.3 Å². The van der Waals surface area contributed by atoms with Gasteiger partial charge in [-0.05, 0) is 48.4 Å². The van der Waals surface area contributed by atoms with Crippen LogP contribution in [0.3, 0.4) is 0 Å². The number of pyridine rings is 1. The maximum atomic E-state index is 12.2. The van der Waals surface area contributed by atoms with Gasteiger partial charge in [0.2, 0.25) is 0 Å². The Balaban J connectivity index is 1.51. The molecule has 0 aliphatic rings. The molecule has 5 nitrogen and oxygen atoms in total. The van der Waals surface area contributed by atoms with E-state index in [1.54, 1.807) is 37.6 Å². The number of hydrogen-bond acceptors (Lipinski definition) is 4. The van der Waals surface area contributed by atoms with Crippen LogP contribution >= 0.6 is 0 Å². The van der Waals surface area contributed by atoms with E-state index in [1.165, 1.54) is 5.56 Å². The van der Waals surface area contributed by atoms with Gasteiger partial charge in [0.05, 0.1) is 19.0 Å². The highest BCUT2D eigenvalue weighted by Crippen LogP contribution is 2.14. The van der Waals surface area contributed by atoms with E-state index in [4.69, 9.17) is 4.74 Å². The monoisotopic (exact) mass is 347 g/mol. The Morgan fingerprint density at radius 2 is 1.77 bits per heavy atom. The molecular weight excluding hydrogens is 326 g/mol. The van der Waals surface area contributed by atoms with Crippen LogP contribution in [0.2, 0.25) is 0 Å². The first-order valence-corrected chi connectivity index (χ1v) is 8.44. The van der Waals surface area contributed by atoms with Gasteiger partial charge < -0.3 is 15.4 Å². The van der Waals surface area contributed by atoms with Crippen LogP contribution in [0.25, 0.3) is 0 Å². The molecule has 1 heterocycles. The summed E-state index contributed by atoms with van der Waals surface area (Å²) in [6, 6.07) is 20.9. The van der Waals surface area contributed by atoms with Crippen LogP contribution < -0.4 is 15.4 Å². The van der Waals surface area contributed by atoms with Crippen molar-refractivity contribution in [3.8, 4) is 5.75 Å². The second kappa shape index (κ2) is 8.67. The van der Waals surface area contributed by atoms with Crippen molar-refractivity contribution in [1.82, 2.24) is 4.98 Å². The molecule has 2 aromatic carbocycles. The SMILES string of the molecule is COc1ccc(C(=O)Nc2ccc(NCCc3ccccc3)nc2)cc1. The second-order valence-corrected chi connectivity index (χ2v) is 5.78. The van der Waals surface area contributed by atoms with Gasteiger partial charge in [-0.25, -0.2) is 4.98 Å². The van der Waals surface area contributed by atoms with E-state index >= 15 is 0 Å². The molecule has 0 radical (unpaired) electrons. The summed E-state index contributed by atoms with van der Waals surface area (Å²) in [5, 5.41) is 6.12. The number of hydrogen-bond donors (Lipinski definition) is 2. The minimum Gasteiger partial charge on any atom is -0.497 e. The first-order valence-electron chi connectivity index (χ1n) is 8.44. The van der Waals surface area contributed by atoms with Gasteiger partial charge in [0, 0.05) is 12.1 Å². The van der Waals surface area contributed by atoms with Crippen molar-refractivity contribution in [3.63, 3.8) is 0 Å². The summed E-state index contributed by atoms with van der Waals surface area (Å²) in [7, 11) is 1.59. The van der Waals surface area contributed by atoms with Crippen LogP contribution in [0.1, 0.15) is 15.9 Å². The Morgan fingerprint density at radius 3 is 2.42 bits per heavy atom. The van der Waals surface area contributed by atoms with E-state index in [-0.39, 0.29) is 5.91 Å². The van der Waals surface area contributed by atoms with Crippen LogP contribution in [0.4, 0.5) is 11.5 Å². The van der Waals surface area contributed by atoms with Gasteiger partial charge >= 0.3 is 0 Å². The second-order valence-electron chi connectivity index (χ2n) is 5.78. The van der Waals surface area contributed by atoms with Crippen molar-refractivity contribution in [3.05, 3.63) is 84.1 Å². The fourth-order valence-corrected chi connectivity index (χ4v) is 2.50. The van der Waals surface area contributed by atoms with Crippen molar-refractivity contribution in [2.24, 2.45) is 0 Å². The zero-order valence-corrected chi connectivity index (χ0v) is 14.6. The number of ether oxygens (including phenoxy) is 1. The first-order chi connectivity index (χ1) is 12.7. The molecular formula is C21H21N3O2. The lowest BCUT2D eigenvalue weighted by molar-refractivity contribution is 0.102.